The van der Waals surface area contributed by atoms with Crippen molar-refractivity contribution in [3.8, 4) is 0 Å². The summed E-state index contributed by atoms with van der Waals surface area (Å²) in [6, 6.07) is 3.48. The highest BCUT2D eigenvalue weighted by molar-refractivity contribution is 5.92. The molecule has 3 amide bonds. The van der Waals surface area contributed by atoms with Crippen LogP contribution in [0.2, 0.25) is 0 Å². The first kappa shape index (κ1) is 23.0. The summed E-state index contributed by atoms with van der Waals surface area (Å²) >= 11 is 0. The van der Waals surface area contributed by atoms with Crippen LogP contribution in [0.3, 0.4) is 0 Å². The van der Waals surface area contributed by atoms with Crippen LogP contribution >= 0.6 is 0 Å². The topological polar surface area (TPSA) is 114 Å². The third-order valence-electron chi connectivity index (χ3n) is 5.00. The number of amides is 3. The van der Waals surface area contributed by atoms with Gasteiger partial charge in [-0.25, -0.2) is 23.5 Å². The molecule has 1 aromatic heterocycles. The molecule has 0 radical (unpaired) electrons. The molecule has 0 saturated carbocycles. The van der Waals surface area contributed by atoms with E-state index in [1.807, 2.05) is 11.8 Å². The van der Waals surface area contributed by atoms with Gasteiger partial charge in [-0.2, -0.15) is 0 Å². The van der Waals surface area contributed by atoms with Crippen LogP contribution in [0.4, 0.5) is 19.5 Å². The number of carbonyl (C=O) groups excluding carboxylic acids is 2. The summed E-state index contributed by atoms with van der Waals surface area (Å²) in [5, 5.41) is 12.8. The fraction of sp³-hybridized carbons (Fsp3) is 0.381. The zero-order valence-corrected chi connectivity index (χ0v) is 17.6. The van der Waals surface area contributed by atoms with Crippen molar-refractivity contribution in [2.24, 2.45) is 0 Å². The summed E-state index contributed by atoms with van der Waals surface area (Å²) in [6.07, 6.45) is 2.71. The molecule has 0 aliphatic carbocycles. The quantitative estimate of drug-likeness (QED) is 0.565. The van der Waals surface area contributed by atoms with Gasteiger partial charge in [0.1, 0.15) is 17.3 Å². The van der Waals surface area contributed by atoms with Crippen LogP contribution < -0.4 is 15.5 Å². The molecule has 1 saturated heterocycles. The zero-order chi connectivity index (χ0) is 23.1. The number of carbonyl (C=O) groups is 2. The predicted molar refractivity (Wildman–Crippen MR) is 115 cm³/mol. The molecule has 0 bridgehead atoms. The van der Waals surface area contributed by atoms with E-state index in [1.54, 1.807) is 4.90 Å². The molecule has 1 fully saturated rings. The van der Waals surface area contributed by atoms with Crippen molar-refractivity contribution in [3.63, 3.8) is 0 Å². The summed E-state index contributed by atoms with van der Waals surface area (Å²) in [5.74, 6) is -1.36. The number of aromatic nitrogens is 2. The van der Waals surface area contributed by atoms with Gasteiger partial charge in [0.15, 0.2) is 0 Å². The number of urea groups is 1. The third kappa shape index (κ3) is 5.74. The van der Waals surface area contributed by atoms with E-state index in [9.17, 15) is 18.4 Å². The van der Waals surface area contributed by atoms with Crippen LogP contribution in [0.5, 0.6) is 0 Å². The molecule has 9 nitrogen and oxygen atoms in total. The second-order valence-corrected chi connectivity index (χ2v) is 7.22. The molecule has 0 spiro atoms. The Bertz CT molecular complexity index is 960. The molecule has 3 N–H and O–H groups in total. The van der Waals surface area contributed by atoms with Crippen LogP contribution in [-0.2, 0) is 0 Å². The number of piperazine rings is 1. The summed E-state index contributed by atoms with van der Waals surface area (Å²) in [4.78, 5) is 36.7. The van der Waals surface area contributed by atoms with Crippen LogP contribution in [0, 0.1) is 17.0 Å². The van der Waals surface area contributed by atoms with E-state index >= 15 is 0 Å². The lowest BCUT2D eigenvalue weighted by molar-refractivity contribution is 0.0950. The average Bonchev–Trinajstić information content (AvgIpc) is 2.78. The minimum absolute atomic E-state index is 0.106. The average molecular weight is 445 g/mol. The number of nitrogens with one attached hydrogen (secondary N) is 3. The summed E-state index contributed by atoms with van der Waals surface area (Å²) in [6.45, 7) is 3.96. The largest absolute Gasteiger partial charge is 0.351 e. The van der Waals surface area contributed by atoms with Gasteiger partial charge < -0.3 is 25.8 Å². The highest BCUT2D eigenvalue weighted by Gasteiger charge is 2.25. The van der Waals surface area contributed by atoms with Crippen molar-refractivity contribution in [2.75, 3.05) is 37.6 Å². The molecule has 0 unspecified atom stereocenters. The van der Waals surface area contributed by atoms with Gasteiger partial charge in [-0.05, 0) is 36.9 Å². The lowest BCUT2D eigenvalue weighted by Crippen LogP contribution is -2.52. The molecule has 11 heteroatoms. The highest BCUT2D eigenvalue weighted by atomic mass is 19.1. The summed E-state index contributed by atoms with van der Waals surface area (Å²) in [7, 11) is 0. The first-order chi connectivity index (χ1) is 15.4. The fourth-order valence-electron chi connectivity index (χ4n) is 3.40. The number of rotatable bonds is 7. The Morgan fingerprint density at radius 1 is 1.19 bits per heavy atom. The van der Waals surface area contributed by atoms with Crippen molar-refractivity contribution < 1.29 is 18.4 Å². The van der Waals surface area contributed by atoms with Crippen LogP contribution in [0.15, 0.2) is 30.5 Å². The van der Waals surface area contributed by atoms with Crippen molar-refractivity contribution in [1.82, 2.24) is 25.5 Å². The minimum Gasteiger partial charge on any atom is -0.351 e. The van der Waals surface area contributed by atoms with E-state index in [0.717, 1.165) is 24.4 Å². The monoisotopic (exact) mass is 445 g/mol. The van der Waals surface area contributed by atoms with Gasteiger partial charge in [0.25, 0.3) is 5.91 Å². The Kier molecular flexibility index (Phi) is 7.63. The molecule has 1 aromatic carbocycles. The van der Waals surface area contributed by atoms with E-state index in [1.165, 1.54) is 12.3 Å². The lowest BCUT2D eigenvalue weighted by atomic mass is 10.0. The Morgan fingerprint density at radius 3 is 2.50 bits per heavy atom. The molecule has 1 atom stereocenters. The maximum absolute atomic E-state index is 13.6. The molecule has 1 aliphatic heterocycles. The van der Waals surface area contributed by atoms with Gasteiger partial charge in [0, 0.05) is 51.4 Å². The van der Waals surface area contributed by atoms with Gasteiger partial charge in [0.2, 0.25) is 5.95 Å². The predicted octanol–water partition coefficient (Wildman–Crippen LogP) is 2.12. The molecule has 2 aromatic rings. The number of halogens is 2. The Hall–Kier alpha value is -3.63. The Balaban J connectivity index is 1.61. The number of hydrogen-bond donors (Lipinski definition) is 3. The summed E-state index contributed by atoms with van der Waals surface area (Å²) < 4.78 is 27.2. The molecule has 170 valence electrons. The molecular weight excluding hydrogens is 420 g/mol. The second kappa shape index (κ2) is 10.6. The highest BCUT2D eigenvalue weighted by Crippen LogP contribution is 2.20. The van der Waals surface area contributed by atoms with Crippen LogP contribution in [0.1, 0.15) is 35.4 Å². The van der Waals surface area contributed by atoms with Crippen molar-refractivity contribution in [1.29, 1.82) is 5.41 Å². The lowest BCUT2D eigenvalue weighted by Gasteiger charge is -2.35. The fourth-order valence-corrected chi connectivity index (χ4v) is 3.40. The van der Waals surface area contributed by atoms with E-state index in [2.05, 4.69) is 20.6 Å². The first-order valence-corrected chi connectivity index (χ1v) is 10.3. The second-order valence-electron chi connectivity index (χ2n) is 7.22. The maximum atomic E-state index is 13.6. The number of anilines is 1. The zero-order valence-electron chi connectivity index (χ0n) is 17.6. The molecular formula is C21H25F2N7O2. The van der Waals surface area contributed by atoms with Crippen LogP contribution in [0.25, 0.3) is 0 Å². The first-order valence-electron chi connectivity index (χ1n) is 10.3. The van der Waals surface area contributed by atoms with Crippen molar-refractivity contribution in [2.45, 2.75) is 19.4 Å². The van der Waals surface area contributed by atoms with Crippen LogP contribution in [-0.4, -0.2) is 65.7 Å². The van der Waals surface area contributed by atoms with E-state index in [4.69, 9.17) is 5.41 Å². The van der Waals surface area contributed by atoms with Gasteiger partial charge in [-0.3, -0.25) is 4.79 Å². The molecule has 1 aliphatic rings. The molecule has 32 heavy (non-hydrogen) atoms. The van der Waals surface area contributed by atoms with Gasteiger partial charge in [-0.15, -0.1) is 0 Å². The van der Waals surface area contributed by atoms with E-state index < -0.39 is 23.7 Å². The smallest absolute Gasteiger partial charge is 0.318 e. The van der Waals surface area contributed by atoms with Crippen molar-refractivity contribution >= 4 is 24.1 Å². The standard InChI is InChI=1S/C21H25F2N7O2/c1-2-25-19(31)18-4-6-26-20(27-18)29-7-9-30(10-8-29)21(32)28-17(3-5-24)14-11-15(22)13-16(23)12-14/h4-6,11-13,17,24H,2-3,7-10H2,1H3,(H,25,31)(H,28,32)/t17-/m0/s1. The van der Waals surface area contributed by atoms with Gasteiger partial charge >= 0.3 is 6.03 Å². The maximum Gasteiger partial charge on any atom is 0.318 e. The number of nitrogens with zero attached hydrogens (tertiary/aromatic N) is 4. The SMILES string of the molecule is CCNC(=O)c1ccnc(N2CCN(C(=O)N[C@@H](CC=N)c3cc(F)cc(F)c3)CC2)n1. The van der Waals surface area contributed by atoms with E-state index in [0.29, 0.717) is 38.7 Å². The number of benzene rings is 1. The Morgan fingerprint density at radius 2 is 1.88 bits per heavy atom. The minimum atomic E-state index is -0.743. The van der Waals surface area contributed by atoms with E-state index in [-0.39, 0.29) is 23.6 Å². The Labute approximate surface area is 184 Å². The third-order valence-corrected chi connectivity index (χ3v) is 5.00. The van der Waals surface area contributed by atoms with Gasteiger partial charge in [-0.1, -0.05) is 0 Å². The summed E-state index contributed by atoms with van der Waals surface area (Å²) in [5.41, 5.74) is 0.530. The van der Waals surface area contributed by atoms with Crippen molar-refractivity contribution in [3.05, 3.63) is 53.4 Å². The molecule has 3 rings (SSSR count). The molecule has 2 heterocycles. The number of hydrogen-bond acceptors (Lipinski definition) is 6. The normalized spacial score (nSPS) is 14.6. The van der Waals surface area contributed by atoms with Gasteiger partial charge in [0.05, 0.1) is 6.04 Å².